The standard InChI is InChI=1S/C16H16BrFO3/c1-20-15-6-4-12(17)7-11(15)9-14(19)10-3-5-16(21-2)13(18)8-10/h3-8,14,19H,9H2,1-2H3. The SMILES string of the molecule is COc1ccc(C(O)Cc2cc(Br)ccc2OC)cc1F. The first-order valence-electron chi connectivity index (χ1n) is 6.39. The lowest BCUT2D eigenvalue weighted by Crippen LogP contribution is -2.04. The molecule has 0 bridgehead atoms. The van der Waals surface area contributed by atoms with Crippen molar-refractivity contribution in [2.24, 2.45) is 0 Å². The summed E-state index contributed by atoms with van der Waals surface area (Å²) in [4.78, 5) is 0. The predicted octanol–water partition coefficient (Wildman–Crippen LogP) is 3.88. The van der Waals surface area contributed by atoms with Crippen LogP contribution in [0.4, 0.5) is 4.39 Å². The quantitative estimate of drug-likeness (QED) is 0.885. The zero-order chi connectivity index (χ0) is 15.4. The third kappa shape index (κ3) is 3.74. The van der Waals surface area contributed by atoms with Gasteiger partial charge in [0, 0.05) is 10.9 Å². The summed E-state index contributed by atoms with van der Waals surface area (Å²) >= 11 is 3.39. The first-order valence-corrected chi connectivity index (χ1v) is 7.18. The molecule has 0 aromatic heterocycles. The fourth-order valence-corrected chi connectivity index (χ4v) is 2.53. The van der Waals surface area contributed by atoms with Crippen LogP contribution in [0.15, 0.2) is 40.9 Å². The number of aliphatic hydroxyl groups excluding tert-OH is 1. The molecular formula is C16H16BrFO3. The maximum absolute atomic E-state index is 13.7. The Morgan fingerprint density at radius 2 is 1.76 bits per heavy atom. The molecule has 0 aliphatic carbocycles. The Kier molecular flexibility index (Phi) is 5.20. The van der Waals surface area contributed by atoms with Gasteiger partial charge in [-0.2, -0.15) is 0 Å². The number of ether oxygens (including phenoxy) is 2. The first kappa shape index (κ1) is 15.8. The van der Waals surface area contributed by atoms with Gasteiger partial charge in [0.15, 0.2) is 11.6 Å². The molecule has 0 radical (unpaired) electrons. The highest BCUT2D eigenvalue weighted by molar-refractivity contribution is 9.10. The van der Waals surface area contributed by atoms with Gasteiger partial charge in [0.05, 0.1) is 20.3 Å². The third-order valence-electron chi connectivity index (χ3n) is 3.22. The van der Waals surface area contributed by atoms with Crippen LogP contribution < -0.4 is 9.47 Å². The number of rotatable bonds is 5. The van der Waals surface area contributed by atoms with Gasteiger partial charge >= 0.3 is 0 Å². The molecule has 2 rings (SSSR count). The lowest BCUT2D eigenvalue weighted by Gasteiger charge is -2.15. The van der Waals surface area contributed by atoms with Crippen molar-refractivity contribution in [3.05, 3.63) is 57.8 Å². The molecule has 0 aliphatic heterocycles. The van der Waals surface area contributed by atoms with E-state index in [1.165, 1.54) is 19.2 Å². The highest BCUT2D eigenvalue weighted by atomic mass is 79.9. The van der Waals surface area contributed by atoms with E-state index in [1.54, 1.807) is 13.2 Å². The Morgan fingerprint density at radius 1 is 1.10 bits per heavy atom. The fourth-order valence-electron chi connectivity index (χ4n) is 2.12. The number of aliphatic hydroxyl groups is 1. The summed E-state index contributed by atoms with van der Waals surface area (Å²) in [5.74, 6) is 0.354. The molecule has 112 valence electrons. The highest BCUT2D eigenvalue weighted by Gasteiger charge is 2.14. The molecule has 0 amide bonds. The van der Waals surface area contributed by atoms with Gasteiger partial charge in [0.1, 0.15) is 5.75 Å². The van der Waals surface area contributed by atoms with E-state index < -0.39 is 11.9 Å². The molecule has 1 unspecified atom stereocenters. The van der Waals surface area contributed by atoms with Crippen LogP contribution in [0.1, 0.15) is 17.2 Å². The highest BCUT2D eigenvalue weighted by Crippen LogP contribution is 2.29. The van der Waals surface area contributed by atoms with E-state index in [9.17, 15) is 9.50 Å². The van der Waals surface area contributed by atoms with Crippen LogP contribution in [-0.4, -0.2) is 19.3 Å². The van der Waals surface area contributed by atoms with Crippen LogP contribution in [0.3, 0.4) is 0 Å². The maximum Gasteiger partial charge on any atom is 0.165 e. The van der Waals surface area contributed by atoms with Crippen LogP contribution >= 0.6 is 15.9 Å². The second-order valence-corrected chi connectivity index (χ2v) is 5.49. The molecule has 0 saturated heterocycles. The molecule has 1 atom stereocenters. The van der Waals surface area contributed by atoms with E-state index in [0.717, 1.165) is 10.0 Å². The van der Waals surface area contributed by atoms with E-state index in [1.807, 2.05) is 18.2 Å². The number of methoxy groups -OCH3 is 2. The minimum absolute atomic E-state index is 0.158. The molecule has 3 nitrogen and oxygen atoms in total. The van der Waals surface area contributed by atoms with Crippen molar-refractivity contribution in [3.63, 3.8) is 0 Å². The molecule has 0 aliphatic rings. The monoisotopic (exact) mass is 354 g/mol. The van der Waals surface area contributed by atoms with E-state index in [4.69, 9.17) is 9.47 Å². The Labute approximate surface area is 131 Å². The fraction of sp³-hybridized carbons (Fsp3) is 0.250. The summed E-state index contributed by atoms with van der Waals surface area (Å²) in [6.45, 7) is 0. The van der Waals surface area contributed by atoms with Gasteiger partial charge in [-0.15, -0.1) is 0 Å². The summed E-state index contributed by atoms with van der Waals surface area (Å²) < 4.78 is 24.7. The van der Waals surface area contributed by atoms with Gasteiger partial charge in [-0.25, -0.2) is 4.39 Å². The van der Waals surface area contributed by atoms with Crippen molar-refractivity contribution < 1.29 is 19.0 Å². The Balaban J connectivity index is 2.23. The minimum atomic E-state index is -0.825. The van der Waals surface area contributed by atoms with Gasteiger partial charge in [-0.05, 0) is 41.5 Å². The molecule has 0 fully saturated rings. The van der Waals surface area contributed by atoms with Crippen LogP contribution in [0.2, 0.25) is 0 Å². The lowest BCUT2D eigenvalue weighted by atomic mass is 10.0. The molecule has 2 aromatic rings. The summed E-state index contributed by atoms with van der Waals surface area (Å²) in [6, 6.07) is 10.0. The molecule has 0 saturated carbocycles. The molecule has 0 spiro atoms. The first-order chi connectivity index (χ1) is 10.0. The Bertz CT molecular complexity index is 631. The third-order valence-corrected chi connectivity index (χ3v) is 3.71. The largest absolute Gasteiger partial charge is 0.496 e. The molecule has 0 heterocycles. The second-order valence-electron chi connectivity index (χ2n) is 4.57. The van der Waals surface area contributed by atoms with Crippen LogP contribution in [0.25, 0.3) is 0 Å². The average molecular weight is 355 g/mol. The normalized spacial score (nSPS) is 12.0. The van der Waals surface area contributed by atoms with E-state index >= 15 is 0 Å². The average Bonchev–Trinajstić information content (AvgIpc) is 2.47. The topological polar surface area (TPSA) is 38.7 Å². The van der Waals surface area contributed by atoms with E-state index in [0.29, 0.717) is 17.7 Å². The van der Waals surface area contributed by atoms with Crippen molar-refractivity contribution in [2.75, 3.05) is 14.2 Å². The van der Waals surface area contributed by atoms with Crippen molar-refractivity contribution in [1.82, 2.24) is 0 Å². The molecule has 2 aromatic carbocycles. The summed E-state index contributed by atoms with van der Waals surface area (Å²) in [6.07, 6.45) is -0.498. The molecule has 5 heteroatoms. The van der Waals surface area contributed by atoms with Crippen molar-refractivity contribution in [3.8, 4) is 11.5 Å². The summed E-state index contributed by atoms with van der Waals surface area (Å²) in [5, 5.41) is 10.3. The van der Waals surface area contributed by atoms with Gasteiger partial charge < -0.3 is 14.6 Å². The summed E-state index contributed by atoms with van der Waals surface area (Å²) in [7, 11) is 2.98. The number of hydrogen-bond acceptors (Lipinski definition) is 3. The molecule has 21 heavy (non-hydrogen) atoms. The number of halogens is 2. The van der Waals surface area contributed by atoms with Gasteiger partial charge in [0.25, 0.3) is 0 Å². The van der Waals surface area contributed by atoms with Gasteiger partial charge in [-0.1, -0.05) is 22.0 Å². The number of benzene rings is 2. The molecular weight excluding hydrogens is 339 g/mol. The summed E-state index contributed by atoms with van der Waals surface area (Å²) in [5.41, 5.74) is 1.34. The van der Waals surface area contributed by atoms with Crippen LogP contribution in [-0.2, 0) is 6.42 Å². The smallest absolute Gasteiger partial charge is 0.165 e. The zero-order valence-electron chi connectivity index (χ0n) is 11.8. The van der Waals surface area contributed by atoms with Crippen molar-refractivity contribution >= 4 is 15.9 Å². The minimum Gasteiger partial charge on any atom is -0.496 e. The Morgan fingerprint density at radius 3 is 2.38 bits per heavy atom. The van der Waals surface area contributed by atoms with Crippen molar-refractivity contribution in [2.45, 2.75) is 12.5 Å². The van der Waals surface area contributed by atoms with Crippen LogP contribution in [0, 0.1) is 5.82 Å². The Hall–Kier alpha value is -1.59. The van der Waals surface area contributed by atoms with E-state index in [2.05, 4.69) is 15.9 Å². The molecule has 1 N–H and O–H groups in total. The maximum atomic E-state index is 13.7. The van der Waals surface area contributed by atoms with Crippen molar-refractivity contribution in [1.29, 1.82) is 0 Å². The zero-order valence-corrected chi connectivity index (χ0v) is 13.4. The second kappa shape index (κ2) is 6.91. The number of hydrogen-bond donors (Lipinski definition) is 1. The van der Waals surface area contributed by atoms with Gasteiger partial charge in [0.2, 0.25) is 0 Å². The lowest BCUT2D eigenvalue weighted by molar-refractivity contribution is 0.176. The predicted molar refractivity (Wildman–Crippen MR) is 82.3 cm³/mol. The van der Waals surface area contributed by atoms with Gasteiger partial charge in [-0.3, -0.25) is 0 Å². The van der Waals surface area contributed by atoms with Crippen LogP contribution in [0.5, 0.6) is 11.5 Å². The van der Waals surface area contributed by atoms with E-state index in [-0.39, 0.29) is 5.75 Å².